The molecule has 0 saturated carbocycles. The van der Waals surface area contributed by atoms with Crippen LogP contribution in [0.1, 0.15) is 57.6 Å². The van der Waals surface area contributed by atoms with Crippen LogP contribution in [-0.4, -0.2) is 4.57 Å². The van der Waals surface area contributed by atoms with Crippen molar-refractivity contribution in [2.75, 3.05) is 0 Å². The molecule has 210 valence electrons. The van der Waals surface area contributed by atoms with Crippen LogP contribution in [-0.2, 0) is 0 Å². The van der Waals surface area contributed by atoms with E-state index in [-0.39, 0.29) is 0 Å². The van der Waals surface area contributed by atoms with Crippen LogP contribution in [0.25, 0.3) is 44.2 Å². The molecule has 0 aliphatic carbocycles. The molecule has 0 aliphatic heterocycles. The molecule has 0 radical (unpaired) electrons. The van der Waals surface area contributed by atoms with Crippen LogP contribution in [0.4, 0.5) is 0 Å². The summed E-state index contributed by atoms with van der Waals surface area (Å²) in [6.45, 7) is 13.0. The maximum atomic E-state index is 4.28. The van der Waals surface area contributed by atoms with Crippen molar-refractivity contribution in [3.63, 3.8) is 0 Å². The summed E-state index contributed by atoms with van der Waals surface area (Å²) in [5, 5.41) is 2.53. The van der Waals surface area contributed by atoms with Gasteiger partial charge >= 0.3 is 0 Å². The zero-order valence-corrected chi connectivity index (χ0v) is 25.3. The van der Waals surface area contributed by atoms with Gasteiger partial charge in [0, 0.05) is 16.5 Å². The SMILES string of the molecule is C=C(C=CC(=CC)c1ccc2c(c1)c1ccccc1n2-c1cc(-c2ccccc2)cc(C(C)C)c1)CCC=CC=CC. The van der Waals surface area contributed by atoms with E-state index in [0.717, 1.165) is 18.4 Å². The number of benzene rings is 4. The van der Waals surface area contributed by atoms with Crippen LogP contribution in [0, 0.1) is 0 Å². The Kier molecular flexibility index (Phi) is 9.19. The predicted molar refractivity (Wildman–Crippen MR) is 185 cm³/mol. The summed E-state index contributed by atoms with van der Waals surface area (Å²) < 4.78 is 2.43. The van der Waals surface area contributed by atoms with Gasteiger partial charge in [-0.1, -0.05) is 129 Å². The molecule has 0 N–H and O–H groups in total. The van der Waals surface area contributed by atoms with Crippen LogP contribution >= 0.6 is 0 Å². The van der Waals surface area contributed by atoms with Crippen LogP contribution in [0.5, 0.6) is 0 Å². The van der Waals surface area contributed by atoms with Crippen molar-refractivity contribution in [1.82, 2.24) is 4.57 Å². The molecule has 0 saturated heterocycles. The van der Waals surface area contributed by atoms with Gasteiger partial charge in [0.2, 0.25) is 0 Å². The number of allylic oxidation sites excluding steroid dienone is 9. The van der Waals surface area contributed by atoms with Gasteiger partial charge in [0.05, 0.1) is 11.0 Å². The molecular formula is C41H41N. The maximum Gasteiger partial charge on any atom is 0.0541 e. The smallest absolute Gasteiger partial charge is 0.0541 e. The maximum absolute atomic E-state index is 4.28. The van der Waals surface area contributed by atoms with E-state index in [4.69, 9.17) is 0 Å². The first kappa shape index (κ1) is 28.9. The standard InChI is InChI=1S/C41H41N/c1-6-8-9-10-12-17-31(5)22-23-32(7-2)34-24-25-41-39(29-34)38-20-15-16-21-40(38)42(41)37-27-35(30(3)4)26-36(28-37)33-18-13-11-14-19-33/h6-11,13-16,18-30H,5,12,17H2,1-4H3. The van der Waals surface area contributed by atoms with E-state index in [2.05, 4.69) is 159 Å². The molecule has 1 heteroatoms. The monoisotopic (exact) mass is 547 g/mol. The van der Waals surface area contributed by atoms with Crippen LogP contribution < -0.4 is 0 Å². The molecule has 1 aromatic heterocycles. The molecule has 0 fully saturated rings. The van der Waals surface area contributed by atoms with Gasteiger partial charge in [-0.2, -0.15) is 0 Å². The van der Waals surface area contributed by atoms with Gasteiger partial charge in [0.25, 0.3) is 0 Å². The average Bonchev–Trinajstić information content (AvgIpc) is 3.35. The first-order valence-corrected chi connectivity index (χ1v) is 15.0. The van der Waals surface area contributed by atoms with E-state index in [1.54, 1.807) is 0 Å². The largest absolute Gasteiger partial charge is 0.309 e. The van der Waals surface area contributed by atoms with Gasteiger partial charge in [-0.15, -0.1) is 0 Å². The summed E-state index contributed by atoms with van der Waals surface area (Å²) in [5.41, 5.74) is 11.0. The number of hydrogen-bond acceptors (Lipinski definition) is 0. The van der Waals surface area contributed by atoms with Crippen molar-refractivity contribution in [2.45, 2.75) is 46.5 Å². The van der Waals surface area contributed by atoms with Gasteiger partial charge in [0.15, 0.2) is 0 Å². The molecule has 42 heavy (non-hydrogen) atoms. The van der Waals surface area contributed by atoms with E-state index < -0.39 is 0 Å². The summed E-state index contributed by atoms with van der Waals surface area (Å²) in [4.78, 5) is 0. The van der Waals surface area contributed by atoms with Crippen molar-refractivity contribution in [1.29, 1.82) is 0 Å². The first-order chi connectivity index (χ1) is 20.5. The Balaban J connectivity index is 1.56. The predicted octanol–water partition coefficient (Wildman–Crippen LogP) is 12.0. The van der Waals surface area contributed by atoms with E-state index >= 15 is 0 Å². The molecule has 1 heterocycles. The minimum absolute atomic E-state index is 0.426. The quantitative estimate of drug-likeness (QED) is 0.153. The molecule has 5 aromatic rings. The van der Waals surface area contributed by atoms with E-state index in [1.165, 1.54) is 55.3 Å². The molecule has 0 atom stereocenters. The first-order valence-electron chi connectivity index (χ1n) is 15.0. The highest BCUT2D eigenvalue weighted by molar-refractivity contribution is 6.10. The zero-order chi connectivity index (χ0) is 29.5. The molecule has 0 amide bonds. The molecular weight excluding hydrogens is 506 g/mol. The molecule has 1 nitrogen and oxygen atoms in total. The van der Waals surface area contributed by atoms with Gasteiger partial charge < -0.3 is 4.57 Å². The second kappa shape index (κ2) is 13.4. The van der Waals surface area contributed by atoms with Crippen molar-refractivity contribution in [3.8, 4) is 16.8 Å². The van der Waals surface area contributed by atoms with Crippen molar-refractivity contribution >= 4 is 27.4 Å². The van der Waals surface area contributed by atoms with Crippen LogP contribution in [0.3, 0.4) is 0 Å². The Morgan fingerprint density at radius 3 is 2.29 bits per heavy atom. The fourth-order valence-corrected chi connectivity index (χ4v) is 5.53. The van der Waals surface area contributed by atoms with E-state index in [1.807, 2.05) is 13.0 Å². The highest BCUT2D eigenvalue weighted by atomic mass is 15.0. The number of nitrogens with zero attached hydrogens (tertiary/aromatic N) is 1. The zero-order valence-electron chi connectivity index (χ0n) is 25.3. The molecule has 0 bridgehead atoms. The fourth-order valence-electron chi connectivity index (χ4n) is 5.53. The summed E-state index contributed by atoms with van der Waals surface area (Å²) in [6, 6.07) is 33.4. The number of para-hydroxylation sites is 1. The lowest BCUT2D eigenvalue weighted by Gasteiger charge is -2.15. The highest BCUT2D eigenvalue weighted by Crippen LogP contribution is 2.36. The summed E-state index contributed by atoms with van der Waals surface area (Å²) in [7, 11) is 0. The topological polar surface area (TPSA) is 4.93 Å². The lowest BCUT2D eigenvalue weighted by atomic mass is 9.96. The van der Waals surface area contributed by atoms with Crippen molar-refractivity contribution in [2.24, 2.45) is 0 Å². The third-order valence-corrected chi connectivity index (χ3v) is 7.86. The third kappa shape index (κ3) is 6.31. The van der Waals surface area contributed by atoms with E-state index in [0.29, 0.717) is 5.92 Å². The molecule has 5 rings (SSSR count). The van der Waals surface area contributed by atoms with Gasteiger partial charge in [-0.25, -0.2) is 0 Å². The Hall–Kier alpha value is -4.62. The summed E-state index contributed by atoms with van der Waals surface area (Å²) in [6.07, 6.45) is 16.9. The van der Waals surface area contributed by atoms with Gasteiger partial charge in [0.1, 0.15) is 0 Å². The molecule has 0 unspecified atom stereocenters. The van der Waals surface area contributed by atoms with E-state index in [9.17, 15) is 0 Å². The third-order valence-electron chi connectivity index (χ3n) is 7.86. The Bertz CT molecular complexity index is 1820. The minimum atomic E-state index is 0.426. The van der Waals surface area contributed by atoms with Crippen molar-refractivity contribution in [3.05, 3.63) is 157 Å². The lowest BCUT2D eigenvalue weighted by Crippen LogP contribution is -1.98. The van der Waals surface area contributed by atoms with Crippen molar-refractivity contribution < 1.29 is 0 Å². The lowest BCUT2D eigenvalue weighted by molar-refractivity contribution is 0.865. The molecule has 4 aromatic carbocycles. The number of aromatic nitrogens is 1. The Morgan fingerprint density at radius 1 is 0.762 bits per heavy atom. The molecule has 0 aliphatic rings. The Morgan fingerprint density at radius 2 is 1.52 bits per heavy atom. The Labute approximate surface area is 251 Å². The fraction of sp³-hybridized carbons (Fsp3) is 0.171. The summed E-state index contributed by atoms with van der Waals surface area (Å²) >= 11 is 0. The number of hydrogen-bond donors (Lipinski definition) is 0. The van der Waals surface area contributed by atoms with Gasteiger partial charge in [-0.3, -0.25) is 0 Å². The molecule has 0 spiro atoms. The summed E-state index contributed by atoms with van der Waals surface area (Å²) in [5.74, 6) is 0.426. The average molecular weight is 548 g/mol. The normalized spacial score (nSPS) is 12.6. The van der Waals surface area contributed by atoms with Gasteiger partial charge in [-0.05, 0) is 90.8 Å². The van der Waals surface area contributed by atoms with Crippen LogP contribution in [0.15, 0.2) is 146 Å². The minimum Gasteiger partial charge on any atom is -0.309 e. The number of fused-ring (bicyclic) bond motifs is 3. The second-order valence-electron chi connectivity index (χ2n) is 11.1. The second-order valence-corrected chi connectivity index (χ2v) is 11.1. The highest BCUT2D eigenvalue weighted by Gasteiger charge is 2.15. The van der Waals surface area contributed by atoms with Crippen LogP contribution in [0.2, 0.25) is 0 Å². The number of rotatable bonds is 10.